The highest BCUT2D eigenvalue weighted by atomic mass is 19.4. The molecule has 0 aromatic heterocycles. The summed E-state index contributed by atoms with van der Waals surface area (Å²) in [6, 6.07) is 20.2. The molecule has 0 amide bonds. The van der Waals surface area contributed by atoms with E-state index >= 15 is 0 Å². The van der Waals surface area contributed by atoms with Gasteiger partial charge in [0.2, 0.25) is 0 Å². The van der Waals surface area contributed by atoms with Gasteiger partial charge in [0.25, 0.3) is 0 Å². The third-order valence-corrected chi connectivity index (χ3v) is 8.28. The zero-order valence-electron chi connectivity index (χ0n) is 26.7. The van der Waals surface area contributed by atoms with E-state index in [1.165, 1.54) is 51.5 Å². The van der Waals surface area contributed by atoms with E-state index in [1.54, 1.807) is 41.3 Å². The number of hydrogen-bond acceptors (Lipinski definition) is 8. The van der Waals surface area contributed by atoms with Crippen molar-refractivity contribution in [3.05, 3.63) is 130 Å². The van der Waals surface area contributed by atoms with E-state index < -0.39 is 24.3 Å². The Labute approximate surface area is 277 Å². The number of esters is 2. The lowest BCUT2D eigenvalue weighted by molar-refractivity contribution is -0.274. The molecule has 0 spiro atoms. The number of benzene rings is 3. The van der Waals surface area contributed by atoms with Gasteiger partial charge in [0.15, 0.2) is 0 Å². The molecule has 2 heterocycles. The molecular weight excluding hydrogens is 625 g/mol. The number of carbonyl (C=O) groups excluding carboxylic acids is 2. The molecule has 3 aromatic carbocycles. The summed E-state index contributed by atoms with van der Waals surface area (Å²) in [5, 5.41) is 9.62. The summed E-state index contributed by atoms with van der Waals surface area (Å²) in [5.74, 6) is -1.97. The lowest BCUT2D eigenvalue weighted by Crippen LogP contribution is -2.27. The van der Waals surface area contributed by atoms with Crippen molar-refractivity contribution >= 4 is 17.5 Å². The number of nitrogens with zero attached hydrogens (tertiary/aromatic N) is 2. The maximum absolute atomic E-state index is 13.3. The molecule has 3 aromatic rings. The van der Waals surface area contributed by atoms with Crippen LogP contribution in [0.4, 0.5) is 13.2 Å². The lowest BCUT2D eigenvalue weighted by Gasteiger charge is -2.32. The van der Waals surface area contributed by atoms with Crippen molar-refractivity contribution in [1.29, 1.82) is 0 Å². The minimum atomic E-state index is -4.88. The average molecular weight is 663 g/mol. The van der Waals surface area contributed by atoms with E-state index in [4.69, 9.17) is 9.47 Å². The number of rotatable bonds is 10. The standard InChI is InChI=1S/C37H37F3N2O6/c1-46-35(44)32-19-30(28-12-10-26(24-43)11-13-28)20-34(29-14-8-25(9-15-29)21-41-16-3-4-17-41)42(23-33(32)36(45)47-2)22-27-6-5-7-31(18-27)48-37(38,39)40/h5-15,18-20,23,34,43H,3-4,16-17,21-22,24H2,1-2H3. The van der Waals surface area contributed by atoms with Crippen LogP contribution in [0.25, 0.3) is 5.57 Å². The molecule has 1 saturated heterocycles. The number of aliphatic hydroxyl groups is 1. The fraction of sp³-hybridized carbons (Fsp3) is 0.297. The summed E-state index contributed by atoms with van der Waals surface area (Å²) in [5.41, 5.74) is 4.21. The van der Waals surface area contributed by atoms with E-state index in [-0.39, 0.29) is 30.0 Å². The van der Waals surface area contributed by atoms with Gasteiger partial charge in [-0.1, -0.05) is 60.7 Å². The third-order valence-electron chi connectivity index (χ3n) is 8.28. The van der Waals surface area contributed by atoms with Crippen molar-refractivity contribution in [1.82, 2.24) is 9.80 Å². The third kappa shape index (κ3) is 8.72. The first-order chi connectivity index (χ1) is 23.1. The normalized spacial score (nSPS) is 17.1. The number of alkyl halides is 3. The van der Waals surface area contributed by atoms with Crippen LogP contribution >= 0.6 is 0 Å². The molecular formula is C37H37F3N2O6. The number of carbonyl (C=O) groups is 2. The second-order valence-corrected chi connectivity index (χ2v) is 11.6. The molecule has 1 atom stereocenters. The maximum atomic E-state index is 13.3. The van der Waals surface area contributed by atoms with Crippen molar-refractivity contribution in [2.24, 2.45) is 0 Å². The second kappa shape index (κ2) is 15.4. The summed E-state index contributed by atoms with van der Waals surface area (Å²) in [7, 11) is 2.40. The molecule has 0 radical (unpaired) electrons. The smallest absolute Gasteiger partial charge is 0.465 e. The van der Waals surface area contributed by atoms with E-state index in [9.17, 15) is 27.9 Å². The number of methoxy groups -OCH3 is 2. The van der Waals surface area contributed by atoms with Gasteiger partial charge in [0.05, 0.1) is 38.0 Å². The fourth-order valence-corrected chi connectivity index (χ4v) is 5.90. The number of hydrogen-bond donors (Lipinski definition) is 1. The van der Waals surface area contributed by atoms with Gasteiger partial charge < -0.3 is 24.2 Å². The van der Waals surface area contributed by atoms with Crippen LogP contribution in [-0.4, -0.2) is 60.5 Å². The highest BCUT2D eigenvalue weighted by molar-refractivity contribution is 6.08. The van der Waals surface area contributed by atoms with Gasteiger partial charge in [0, 0.05) is 19.3 Å². The van der Waals surface area contributed by atoms with Crippen LogP contribution in [0, 0.1) is 0 Å². The van der Waals surface area contributed by atoms with E-state index in [2.05, 4.69) is 9.64 Å². The van der Waals surface area contributed by atoms with Crippen LogP contribution in [0.15, 0.2) is 102 Å². The molecule has 11 heteroatoms. The Morgan fingerprint density at radius 3 is 2.10 bits per heavy atom. The van der Waals surface area contributed by atoms with Crippen LogP contribution in [0.2, 0.25) is 0 Å². The van der Waals surface area contributed by atoms with Crippen molar-refractivity contribution in [3.8, 4) is 5.75 Å². The molecule has 252 valence electrons. The van der Waals surface area contributed by atoms with Gasteiger partial charge in [-0.25, -0.2) is 9.59 Å². The van der Waals surface area contributed by atoms with Crippen molar-refractivity contribution in [2.45, 2.75) is 44.9 Å². The number of likely N-dealkylation sites (tertiary alicyclic amines) is 1. The van der Waals surface area contributed by atoms with Crippen LogP contribution in [-0.2, 0) is 38.8 Å². The summed E-state index contributed by atoms with van der Waals surface area (Å²) in [6.45, 7) is 2.78. The molecule has 2 aliphatic heterocycles. The molecule has 48 heavy (non-hydrogen) atoms. The topological polar surface area (TPSA) is 88.5 Å². The Bertz CT molecular complexity index is 1690. The molecule has 0 aliphatic carbocycles. The molecule has 0 saturated carbocycles. The molecule has 0 bridgehead atoms. The second-order valence-electron chi connectivity index (χ2n) is 11.6. The Balaban J connectivity index is 1.67. The molecule has 1 N–H and O–H groups in total. The maximum Gasteiger partial charge on any atom is 0.573 e. The van der Waals surface area contributed by atoms with Gasteiger partial charge in [-0.2, -0.15) is 0 Å². The van der Waals surface area contributed by atoms with Gasteiger partial charge in [0.1, 0.15) is 5.75 Å². The van der Waals surface area contributed by atoms with Gasteiger partial charge >= 0.3 is 18.3 Å². The van der Waals surface area contributed by atoms with Crippen molar-refractivity contribution in [2.75, 3.05) is 27.3 Å². The van der Waals surface area contributed by atoms with Gasteiger partial charge in [-0.15, -0.1) is 13.2 Å². The molecule has 1 fully saturated rings. The van der Waals surface area contributed by atoms with Crippen LogP contribution in [0.5, 0.6) is 5.75 Å². The predicted molar refractivity (Wildman–Crippen MR) is 173 cm³/mol. The summed E-state index contributed by atoms with van der Waals surface area (Å²) < 4.78 is 53.6. The minimum Gasteiger partial charge on any atom is -0.465 e. The minimum absolute atomic E-state index is 0.0252. The highest BCUT2D eigenvalue weighted by Gasteiger charge is 2.32. The fourth-order valence-electron chi connectivity index (χ4n) is 5.90. The van der Waals surface area contributed by atoms with Crippen LogP contribution < -0.4 is 4.74 Å². The Kier molecular flexibility index (Phi) is 11.0. The first-order valence-corrected chi connectivity index (χ1v) is 15.5. The number of aliphatic hydroxyl groups excluding tert-OH is 1. The molecule has 8 nitrogen and oxygen atoms in total. The van der Waals surface area contributed by atoms with E-state index in [1.807, 2.05) is 30.3 Å². The quantitative estimate of drug-likeness (QED) is 0.247. The largest absolute Gasteiger partial charge is 0.573 e. The van der Waals surface area contributed by atoms with E-state index in [0.717, 1.165) is 30.8 Å². The summed E-state index contributed by atoms with van der Waals surface area (Å²) in [4.78, 5) is 30.6. The Morgan fingerprint density at radius 2 is 1.48 bits per heavy atom. The van der Waals surface area contributed by atoms with Gasteiger partial charge in [-0.3, -0.25) is 4.90 Å². The molecule has 2 aliphatic rings. The number of halogens is 3. The Morgan fingerprint density at radius 1 is 0.833 bits per heavy atom. The zero-order chi connectivity index (χ0) is 34.3. The zero-order valence-corrected chi connectivity index (χ0v) is 26.7. The number of ether oxygens (including phenoxy) is 3. The monoisotopic (exact) mass is 662 g/mol. The SMILES string of the molecule is COC(=O)C1=CC(c2ccc(CO)cc2)=CC(c2ccc(CN3CCCC3)cc2)N(Cc2cccc(OC(F)(F)F)c2)C=C1C(=O)OC. The Hall–Kier alpha value is -4.87. The first-order valence-electron chi connectivity index (χ1n) is 15.5. The lowest BCUT2D eigenvalue weighted by atomic mass is 9.92. The summed E-state index contributed by atoms with van der Waals surface area (Å²) >= 11 is 0. The van der Waals surface area contributed by atoms with Gasteiger partial charge in [-0.05, 0) is 83.6 Å². The van der Waals surface area contributed by atoms with Crippen molar-refractivity contribution in [3.63, 3.8) is 0 Å². The molecule has 5 rings (SSSR count). The summed E-state index contributed by atoms with van der Waals surface area (Å²) in [6.07, 6.45) is 2.44. The van der Waals surface area contributed by atoms with E-state index in [0.29, 0.717) is 22.3 Å². The number of allylic oxidation sites excluding steroid dienone is 2. The first kappa shape index (κ1) is 34.5. The average Bonchev–Trinajstić information content (AvgIpc) is 3.58. The molecule has 1 unspecified atom stereocenters. The predicted octanol–water partition coefficient (Wildman–Crippen LogP) is 6.47. The van der Waals surface area contributed by atoms with Crippen LogP contribution in [0.1, 0.15) is 46.7 Å². The van der Waals surface area contributed by atoms with Crippen LogP contribution in [0.3, 0.4) is 0 Å². The van der Waals surface area contributed by atoms with Crippen molar-refractivity contribution < 1.29 is 42.1 Å². The highest BCUT2D eigenvalue weighted by Crippen LogP contribution is 2.35.